The predicted molar refractivity (Wildman–Crippen MR) is 123 cm³/mol. The number of thiazole rings is 1. The number of nitrogens with one attached hydrogen (secondary N) is 1. The lowest BCUT2D eigenvalue weighted by molar-refractivity contribution is -0.117. The summed E-state index contributed by atoms with van der Waals surface area (Å²) >= 11 is 2.56. The number of sulfonamides is 1. The van der Waals surface area contributed by atoms with Crippen LogP contribution in [0.25, 0.3) is 16.3 Å². The van der Waals surface area contributed by atoms with Gasteiger partial charge in [-0.05, 0) is 40.1 Å². The average Bonchev–Trinajstić information content (AvgIpc) is 3.50. The van der Waals surface area contributed by atoms with Crippen molar-refractivity contribution in [2.75, 3.05) is 22.9 Å². The molecule has 0 bridgehead atoms. The van der Waals surface area contributed by atoms with E-state index in [1.165, 1.54) is 34.0 Å². The Morgan fingerprint density at radius 1 is 1.16 bits per heavy atom. The molecule has 4 rings (SSSR count). The van der Waals surface area contributed by atoms with Gasteiger partial charge in [0.25, 0.3) is 0 Å². The fourth-order valence-electron chi connectivity index (χ4n) is 2.69. The molecule has 11 nitrogen and oxygen atoms in total. The van der Waals surface area contributed by atoms with Crippen LogP contribution < -0.4 is 15.3 Å². The summed E-state index contributed by atoms with van der Waals surface area (Å²) in [7, 11) is -1.87. The van der Waals surface area contributed by atoms with Crippen molar-refractivity contribution in [1.29, 1.82) is 0 Å². The minimum atomic E-state index is -3.35. The lowest BCUT2D eigenvalue weighted by Gasteiger charge is -2.16. The van der Waals surface area contributed by atoms with Crippen molar-refractivity contribution >= 4 is 49.4 Å². The van der Waals surface area contributed by atoms with Crippen molar-refractivity contribution in [3.05, 3.63) is 57.6 Å². The molecule has 32 heavy (non-hydrogen) atoms. The number of amides is 1. The second kappa shape index (κ2) is 8.64. The van der Waals surface area contributed by atoms with E-state index >= 15 is 0 Å². The van der Waals surface area contributed by atoms with Crippen molar-refractivity contribution in [3.8, 4) is 16.3 Å². The van der Waals surface area contributed by atoms with Crippen molar-refractivity contribution < 1.29 is 13.2 Å². The Morgan fingerprint density at radius 3 is 2.56 bits per heavy atom. The van der Waals surface area contributed by atoms with Gasteiger partial charge in [0.1, 0.15) is 11.5 Å². The molecule has 14 heteroatoms. The molecule has 0 saturated heterocycles. The van der Waals surface area contributed by atoms with E-state index in [-0.39, 0.29) is 6.54 Å². The molecular weight excluding hydrogens is 474 g/mol. The van der Waals surface area contributed by atoms with Crippen LogP contribution in [0.1, 0.15) is 0 Å². The first-order chi connectivity index (χ1) is 15.2. The largest absolute Gasteiger partial charge is 0.369 e. The van der Waals surface area contributed by atoms with Crippen LogP contribution in [0.3, 0.4) is 0 Å². The summed E-state index contributed by atoms with van der Waals surface area (Å²) in [5.74, 6) is -0.462. The molecule has 0 unspecified atom stereocenters. The highest BCUT2D eigenvalue weighted by Crippen LogP contribution is 2.27. The minimum absolute atomic E-state index is 0.300. The number of thiophene rings is 1. The van der Waals surface area contributed by atoms with Crippen molar-refractivity contribution in [2.45, 2.75) is 6.54 Å². The normalized spacial score (nSPS) is 11.4. The van der Waals surface area contributed by atoms with E-state index in [0.717, 1.165) is 21.2 Å². The third kappa shape index (κ3) is 4.61. The zero-order chi connectivity index (χ0) is 22.9. The Hall–Kier alpha value is -3.36. The lowest BCUT2D eigenvalue weighted by atomic mass is 10.1. The zero-order valence-corrected chi connectivity index (χ0v) is 19.3. The first-order valence-corrected chi connectivity index (χ1v) is 12.7. The number of anilines is 2. The molecule has 1 N–H and O–H groups in total. The molecule has 0 spiro atoms. The Labute approximate surface area is 190 Å². The van der Waals surface area contributed by atoms with Crippen LogP contribution in [0.4, 0.5) is 10.8 Å². The molecule has 0 fully saturated rings. The van der Waals surface area contributed by atoms with Gasteiger partial charge < -0.3 is 5.32 Å². The Bertz CT molecular complexity index is 1400. The smallest absolute Gasteiger partial charge is 0.300 e. The molecule has 1 amide bonds. The quantitative estimate of drug-likeness (QED) is 0.416. The van der Waals surface area contributed by atoms with Crippen LogP contribution in [0.15, 0.2) is 52.0 Å². The maximum atomic E-state index is 12.4. The van der Waals surface area contributed by atoms with E-state index in [1.54, 1.807) is 41.8 Å². The Kier molecular flexibility index (Phi) is 5.90. The second-order valence-corrected chi connectivity index (χ2v) is 10.4. The summed E-state index contributed by atoms with van der Waals surface area (Å²) < 4.78 is 26.6. The molecular formula is C18H17N7O4S3. The first-order valence-electron chi connectivity index (χ1n) is 9.09. The van der Waals surface area contributed by atoms with Gasteiger partial charge in [-0.15, -0.1) is 22.7 Å². The number of benzene rings is 1. The van der Waals surface area contributed by atoms with E-state index in [0.29, 0.717) is 21.5 Å². The number of carbonyl (C=O) groups is 1. The molecule has 0 aliphatic rings. The van der Waals surface area contributed by atoms with Crippen molar-refractivity contribution in [2.24, 2.45) is 0 Å². The van der Waals surface area contributed by atoms with Gasteiger partial charge in [0.15, 0.2) is 5.13 Å². The number of hydrogen-bond acceptors (Lipinski definition) is 9. The number of hydrogen-bond donors (Lipinski definition) is 1. The maximum Gasteiger partial charge on any atom is 0.369 e. The van der Waals surface area contributed by atoms with Gasteiger partial charge in [-0.3, -0.25) is 9.10 Å². The van der Waals surface area contributed by atoms with E-state index < -0.39 is 21.6 Å². The number of nitrogens with zero attached hydrogens (tertiary/aromatic N) is 6. The van der Waals surface area contributed by atoms with E-state index in [9.17, 15) is 18.0 Å². The highest BCUT2D eigenvalue weighted by Gasteiger charge is 2.15. The highest BCUT2D eigenvalue weighted by atomic mass is 32.2. The van der Waals surface area contributed by atoms with Gasteiger partial charge >= 0.3 is 5.69 Å². The molecule has 0 radical (unpaired) electrons. The standard InChI is InChI=1S/C18H17N7O4S3/c1-23(32(2,28)29)13-7-5-12(6-8-13)14-11-31-17(19-14)20-15(26)10-24-18(27)25(22-21-24)16-4-3-9-30-16/h3-9,11H,10H2,1-2H3,(H,19,20,26). The number of rotatable bonds is 7. The third-order valence-electron chi connectivity index (χ3n) is 4.42. The Morgan fingerprint density at radius 2 is 1.91 bits per heavy atom. The van der Waals surface area contributed by atoms with Crippen LogP contribution in [0, 0.1) is 0 Å². The summed E-state index contributed by atoms with van der Waals surface area (Å²) in [5.41, 5.74) is 1.41. The SMILES string of the molecule is CN(c1ccc(-c2csc(NC(=O)Cn3nnn(-c4cccs4)c3=O)n2)cc1)S(C)(=O)=O. The van der Waals surface area contributed by atoms with Crippen LogP contribution in [-0.2, 0) is 21.4 Å². The minimum Gasteiger partial charge on any atom is -0.300 e. The third-order valence-corrected chi connectivity index (χ3v) is 7.23. The van der Waals surface area contributed by atoms with Gasteiger partial charge in [0.05, 0.1) is 17.6 Å². The topological polar surface area (TPSA) is 132 Å². The summed E-state index contributed by atoms with van der Waals surface area (Å²) in [4.78, 5) is 29.1. The first kappa shape index (κ1) is 21.9. The van der Waals surface area contributed by atoms with Gasteiger partial charge in [0.2, 0.25) is 15.9 Å². The van der Waals surface area contributed by atoms with Gasteiger partial charge in [-0.2, -0.15) is 9.36 Å². The Balaban J connectivity index is 1.42. The molecule has 166 valence electrons. The fourth-order valence-corrected chi connectivity index (χ4v) is 4.60. The van der Waals surface area contributed by atoms with E-state index in [1.807, 2.05) is 5.38 Å². The summed E-state index contributed by atoms with van der Waals surface area (Å²) in [6.07, 6.45) is 1.13. The molecule has 0 aliphatic carbocycles. The monoisotopic (exact) mass is 491 g/mol. The van der Waals surface area contributed by atoms with Crippen LogP contribution in [0.2, 0.25) is 0 Å². The summed E-state index contributed by atoms with van der Waals surface area (Å²) in [5, 5.41) is 14.7. The molecule has 0 aliphatic heterocycles. The van der Waals surface area contributed by atoms with Crippen LogP contribution in [-0.4, -0.2) is 52.4 Å². The predicted octanol–water partition coefficient (Wildman–Crippen LogP) is 1.65. The van der Waals surface area contributed by atoms with Crippen LogP contribution >= 0.6 is 22.7 Å². The van der Waals surface area contributed by atoms with Gasteiger partial charge in [-0.25, -0.2) is 18.2 Å². The molecule has 4 aromatic rings. The number of aromatic nitrogens is 5. The van der Waals surface area contributed by atoms with Crippen LogP contribution in [0.5, 0.6) is 0 Å². The average molecular weight is 492 g/mol. The fraction of sp³-hybridized carbons (Fsp3) is 0.167. The lowest BCUT2D eigenvalue weighted by Crippen LogP contribution is -2.29. The maximum absolute atomic E-state index is 12.4. The van der Waals surface area contributed by atoms with Crippen molar-refractivity contribution in [3.63, 3.8) is 0 Å². The zero-order valence-electron chi connectivity index (χ0n) is 16.9. The second-order valence-electron chi connectivity index (χ2n) is 6.65. The number of tetrazole rings is 1. The number of carbonyl (C=O) groups excluding carboxylic acids is 1. The van der Waals surface area contributed by atoms with Crippen molar-refractivity contribution in [1.82, 2.24) is 24.8 Å². The molecule has 0 atom stereocenters. The van der Waals surface area contributed by atoms with E-state index in [4.69, 9.17) is 0 Å². The summed E-state index contributed by atoms with van der Waals surface area (Å²) in [6.45, 7) is -0.300. The molecule has 1 aromatic carbocycles. The van der Waals surface area contributed by atoms with Gasteiger partial charge in [-0.1, -0.05) is 12.1 Å². The molecule has 0 saturated carbocycles. The molecule has 3 heterocycles. The van der Waals surface area contributed by atoms with E-state index in [2.05, 4.69) is 20.7 Å². The van der Waals surface area contributed by atoms with Gasteiger partial charge in [0, 0.05) is 18.0 Å². The highest BCUT2D eigenvalue weighted by molar-refractivity contribution is 7.92. The summed E-state index contributed by atoms with van der Waals surface area (Å²) in [6, 6.07) is 10.4. The molecule has 3 aromatic heterocycles.